The second-order valence-electron chi connectivity index (χ2n) is 5.67. The van der Waals surface area contributed by atoms with Gasteiger partial charge in [-0.1, -0.05) is 18.2 Å². The molecule has 0 unspecified atom stereocenters. The van der Waals surface area contributed by atoms with E-state index < -0.39 is 0 Å². The molecule has 120 valence electrons. The number of anilines is 1. The van der Waals surface area contributed by atoms with Crippen molar-refractivity contribution in [1.29, 1.82) is 0 Å². The van der Waals surface area contributed by atoms with E-state index in [4.69, 9.17) is 14.2 Å². The molecule has 1 saturated heterocycles. The van der Waals surface area contributed by atoms with E-state index in [1.165, 1.54) is 0 Å². The van der Waals surface area contributed by atoms with Gasteiger partial charge in [-0.05, 0) is 11.6 Å². The lowest BCUT2D eigenvalue weighted by molar-refractivity contribution is -0.0819. The summed E-state index contributed by atoms with van der Waals surface area (Å²) in [7, 11) is 0. The van der Waals surface area contributed by atoms with E-state index in [0.717, 1.165) is 34.8 Å². The Hall–Kier alpha value is -2.18. The largest absolute Gasteiger partial charge is 0.487 e. The third kappa shape index (κ3) is 3.13. The Kier molecular flexibility index (Phi) is 4.08. The Bertz CT molecular complexity index is 687. The van der Waals surface area contributed by atoms with Crippen molar-refractivity contribution >= 4 is 5.82 Å². The van der Waals surface area contributed by atoms with Gasteiger partial charge in [-0.3, -0.25) is 0 Å². The highest BCUT2D eigenvalue weighted by Gasteiger charge is 2.20. The van der Waals surface area contributed by atoms with E-state index in [0.29, 0.717) is 33.0 Å². The average Bonchev–Trinajstić information content (AvgIpc) is 2.80. The normalized spacial score (nSPS) is 19.9. The summed E-state index contributed by atoms with van der Waals surface area (Å²) in [5.41, 5.74) is 3.18. The van der Waals surface area contributed by atoms with Crippen LogP contribution in [-0.4, -0.2) is 42.4 Å². The topological polar surface area (TPSA) is 65.5 Å². The van der Waals surface area contributed by atoms with Crippen LogP contribution in [0.25, 0.3) is 0 Å². The first kappa shape index (κ1) is 14.4. The summed E-state index contributed by atoms with van der Waals surface area (Å²) in [4.78, 5) is 8.80. The van der Waals surface area contributed by atoms with Gasteiger partial charge in [-0.25, -0.2) is 9.97 Å². The number of benzene rings is 1. The standard InChI is InChI=1S/C17H19N3O3/c1-2-4-16-12(3-1)7-14-15(10-23-16)19-11-20-17(14)18-8-13-9-21-5-6-22-13/h1-4,11,13H,5-10H2,(H,18,19,20)/t13-/m1/s1. The van der Waals surface area contributed by atoms with Gasteiger partial charge in [0.1, 0.15) is 24.5 Å². The molecule has 2 aliphatic heterocycles. The third-order valence-corrected chi connectivity index (χ3v) is 4.12. The van der Waals surface area contributed by atoms with Gasteiger partial charge in [-0.15, -0.1) is 0 Å². The van der Waals surface area contributed by atoms with Crippen LogP contribution in [0.15, 0.2) is 30.6 Å². The van der Waals surface area contributed by atoms with Crippen LogP contribution in [0.5, 0.6) is 5.75 Å². The van der Waals surface area contributed by atoms with Crippen molar-refractivity contribution in [2.45, 2.75) is 19.1 Å². The molecular weight excluding hydrogens is 294 g/mol. The van der Waals surface area contributed by atoms with Crippen LogP contribution in [0.3, 0.4) is 0 Å². The van der Waals surface area contributed by atoms with Crippen molar-refractivity contribution in [1.82, 2.24) is 9.97 Å². The number of rotatable bonds is 3. The lowest BCUT2D eigenvalue weighted by Crippen LogP contribution is -2.34. The molecule has 1 atom stereocenters. The summed E-state index contributed by atoms with van der Waals surface area (Å²) in [5, 5.41) is 3.39. The summed E-state index contributed by atoms with van der Waals surface area (Å²) in [6.07, 6.45) is 2.40. The molecule has 0 radical (unpaired) electrons. The SMILES string of the molecule is c1ccc2c(c1)Cc1c(ncnc1NC[C@@H]1COCCO1)CO2. The second kappa shape index (κ2) is 6.52. The van der Waals surface area contributed by atoms with Crippen molar-refractivity contribution in [3.05, 3.63) is 47.4 Å². The number of hydrogen-bond donors (Lipinski definition) is 1. The van der Waals surface area contributed by atoms with Crippen LogP contribution in [0.4, 0.5) is 5.82 Å². The van der Waals surface area contributed by atoms with Crippen molar-refractivity contribution in [3.8, 4) is 5.75 Å². The van der Waals surface area contributed by atoms with Gasteiger partial charge in [-0.2, -0.15) is 0 Å². The maximum Gasteiger partial charge on any atom is 0.133 e. The van der Waals surface area contributed by atoms with Crippen molar-refractivity contribution in [2.75, 3.05) is 31.7 Å². The molecule has 0 bridgehead atoms. The van der Waals surface area contributed by atoms with Gasteiger partial charge in [0.05, 0.1) is 31.6 Å². The maximum absolute atomic E-state index is 5.86. The first-order valence-electron chi connectivity index (χ1n) is 7.87. The van der Waals surface area contributed by atoms with Crippen LogP contribution in [0.2, 0.25) is 0 Å². The Morgan fingerprint density at radius 1 is 1.17 bits per heavy atom. The summed E-state index contributed by atoms with van der Waals surface area (Å²) in [5.74, 6) is 1.77. The van der Waals surface area contributed by atoms with E-state index in [1.54, 1.807) is 6.33 Å². The predicted octanol–water partition coefficient (Wildman–Crippen LogP) is 1.79. The van der Waals surface area contributed by atoms with Gasteiger partial charge < -0.3 is 19.5 Å². The number of aromatic nitrogens is 2. The average molecular weight is 313 g/mol. The first-order chi connectivity index (χ1) is 11.4. The second-order valence-corrected chi connectivity index (χ2v) is 5.67. The van der Waals surface area contributed by atoms with Crippen LogP contribution in [0.1, 0.15) is 16.8 Å². The smallest absolute Gasteiger partial charge is 0.133 e. The van der Waals surface area contributed by atoms with Gasteiger partial charge in [0.25, 0.3) is 0 Å². The molecule has 0 amide bonds. The molecule has 1 aromatic carbocycles. The predicted molar refractivity (Wildman–Crippen MR) is 84.7 cm³/mol. The summed E-state index contributed by atoms with van der Waals surface area (Å²) < 4.78 is 17.0. The molecule has 0 spiro atoms. The monoisotopic (exact) mass is 313 g/mol. The van der Waals surface area contributed by atoms with Gasteiger partial charge in [0, 0.05) is 18.5 Å². The maximum atomic E-state index is 5.86. The van der Waals surface area contributed by atoms with Crippen LogP contribution >= 0.6 is 0 Å². The van der Waals surface area contributed by atoms with Crippen molar-refractivity contribution in [3.63, 3.8) is 0 Å². The quantitative estimate of drug-likeness (QED) is 0.932. The third-order valence-electron chi connectivity index (χ3n) is 4.12. The highest BCUT2D eigenvalue weighted by molar-refractivity contribution is 5.51. The van der Waals surface area contributed by atoms with Gasteiger partial charge in [0.2, 0.25) is 0 Å². The fraction of sp³-hybridized carbons (Fsp3) is 0.412. The number of para-hydroxylation sites is 1. The van der Waals surface area contributed by atoms with E-state index >= 15 is 0 Å². The molecule has 6 nitrogen and oxygen atoms in total. The Labute approximate surface area is 134 Å². The highest BCUT2D eigenvalue weighted by Crippen LogP contribution is 2.30. The zero-order valence-electron chi connectivity index (χ0n) is 12.8. The number of ether oxygens (including phenoxy) is 3. The molecular formula is C17H19N3O3. The molecule has 0 aliphatic carbocycles. The van der Waals surface area contributed by atoms with E-state index in [1.807, 2.05) is 18.2 Å². The van der Waals surface area contributed by atoms with E-state index in [-0.39, 0.29) is 6.10 Å². The summed E-state index contributed by atoms with van der Waals surface area (Å²) >= 11 is 0. The minimum absolute atomic E-state index is 0.0590. The molecule has 2 aromatic rings. The van der Waals surface area contributed by atoms with E-state index in [2.05, 4.69) is 21.4 Å². The Morgan fingerprint density at radius 2 is 2.13 bits per heavy atom. The molecule has 1 fully saturated rings. The Balaban J connectivity index is 1.55. The molecule has 3 heterocycles. The number of nitrogens with zero attached hydrogens (tertiary/aromatic N) is 2. The zero-order valence-corrected chi connectivity index (χ0v) is 12.8. The molecule has 0 saturated carbocycles. The number of fused-ring (bicyclic) bond motifs is 2. The lowest BCUT2D eigenvalue weighted by Gasteiger charge is -2.23. The van der Waals surface area contributed by atoms with Crippen LogP contribution < -0.4 is 10.1 Å². The summed E-state index contributed by atoms with van der Waals surface area (Å²) in [6, 6.07) is 8.09. The fourth-order valence-electron chi connectivity index (χ4n) is 2.90. The minimum atomic E-state index is 0.0590. The zero-order chi connectivity index (χ0) is 15.5. The fourth-order valence-corrected chi connectivity index (χ4v) is 2.90. The van der Waals surface area contributed by atoms with Crippen molar-refractivity contribution < 1.29 is 14.2 Å². The first-order valence-corrected chi connectivity index (χ1v) is 7.87. The van der Waals surface area contributed by atoms with Crippen LogP contribution in [-0.2, 0) is 22.5 Å². The number of nitrogens with one attached hydrogen (secondary N) is 1. The van der Waals surface area contributed by atoms with E-state index in [9.17, 15) is 0 Å². The van der Waals surface area contributed by atoms with Gasteiger partial charge in [0.15, 0.2) is 0 Å². The van der Waals surface area contributed by atoms with Gasteiger partial charge >= 0.3 is 0 Å². The van der Waals surface area contributed by atoms with Crippen molar-refractivity contribution in [2.24, 2.45) is 0 Å². The minimum Gasteiger partial charge on any atom is -0.487 e. The molecule has 1 aromatic heterocycles. The summed E-state index contributed by atoms with van der Waals surface area (Å²) in [6.45, 7) is 3.08. The molecule has 1 N–H and O–H groups in total. The lowest BCUT2D eigenvalue weighted by atomic mass is 10.0. The van der Waals surface area contributed by atoms with Crippen LogP contribution in [0, 0.1) is 0 Å². The molecule has 23 heavy (non-hydrogen) atoms. The number of hydrogen-bond acceptors (Lipinski definition) is 6. The molecule has 4 rings (SSSR count). The highest BCUT2D eigenvalue weighted by atomic mass is 16.6. The molecule has 6 heteroatoms. The molecule has 2 aliphatic rings. The Morgan fingerprint density at radius 3 is 3.04 bits per heavy atom.